The molecule has 0 saturated heterocycles. The van der Waals surface area contributed by atoms with Gasteiger partial charge in [-0.15, -0.1) is 0 Å². The molecule has 3 rings (SSSR count). The van der Waals surface area contributed by atoms with Gasteiger partial charge >= 0.3 is 0 Å². The Kier molecular flexibility index (Phi) is 4.99. The minimum atomic E-state index is -3.52. The van der Waals surface area contributed by atoms with Gasteiger partial charge in [-0.2, -0.15) is 0 Å². The quantitative estimate of drug-likeness (QED) is 0.614. The number of benzene rings is 2. The van der Waals surface area contributed by atoms with Crippen LogP contribution in [0.25, 0.3) is 10.9 Å². The summed E-state index contributed by atoms with van der Waals surface area (Å²) >= 11 is 0. The van der Waals surface area contributed by atoms with Crippen molar-refractivity contribution in [2.24, 2.45) is 0 Å². The van der Waals surface area contributed by atoms with Gasteiger partial charge in [0.05, 0.1) is 12.4 Å². The molecule has 0 bridgehead atoms. The van der Waals surface area contributed by atoms with Crippen LogP contribution in [0, 0.1) is 0 Å². The van der Waals surface area contributed by atoms with Gasteiger partial charge in [0.1, 0.15) is 0 Å². The summed E-state index contributed by atoms with van der Waals surface area (Å²) in [5.74, 6) is -0.0990. The van der Waals surface area contributed by atoms with E-state index in [0.717, 1.165) is 16.5 Å². The molecule has 0 aliphatic carbocycles. The monoisotopic (exact) mass is 344 g/mol. The first-order valence-electron chi connectivity index (χ1n) is 7.77. The minimum absolute atomic E-state index is 0.0990. The van der Waals surface area contributed by atoms with Crippen molar-refractivity contribution in [2.75, 3.05) is 6.61 Å². The molecule has 24 heavy (non-hydrogen) atoms. The highest BCUT2D eigenvalue weighted by Crippen LogP contribution is 2.19. The van der Waals surface area contributed by atoms with Gasteiger partial charge < -0.3 is 10.1 Å². The van der Waals surface area contributed by atoms with E-state index in [2.05, 4.69) is 9.71 Å². The topological polar surface area (TPSA) is 82.2 Å². The first kappa shape index (κ1) is 16.7. The Bertz CT molecular complexity index is 904. The van der Waals surface area contributed by atoms with Crippen molar-refractivity contribution >= 4 is 20.9 Å². The van der Waals surface area contributed by atoms with Crippen LogP contribution in [-0.4, -0.2) is 31.2 Å². The van der Waals surface area contributed by atoms with Crippen molar-refractivity contribution in [1.82, 2.24) is 9.71 Å². The summed E-state index contributed by atoms with van der Waals surface area (Å²) in [6.07, 6.45) is 2.29. The van der Waals surface area contributed by atoms with Crippen LogP contribution in [0.4, 0.5) is 0 Å². The van der Waals surface area contributed by atoms with Crippen LogP contribution in [-0.2, 0) is 22.2 Å². The standard InChI is InChI=1S/C18H20N2O3S/c21-12-16(10-15-11-19-18-9-5-4-8-17(15)18)20-24(22,23)13-14-6-2-1-3-7-14/h1-9,11,16,19-21H,10,12-13H2/t16-/m0/s1. The lowest BCUT2D eigenvalue weighted by Crippen LogP contribution is -2.39. The second-order valence-corrected chi connectivity index (χ2v) is 7.56. The molecule has 0 saturated carbocycles. The molecule has 3 N–H and O–H groups in total. The van der Waals surface area contributed by atoms with Crippen LogP contribution in [0.5, 0.6) is 0 Å². The maximum atomic E-state index is 12.3. The summed E-state index contributed by atoms with van der Waals surface area (Å²) < 4.78 is 27.3. The minimum Gasteiger partial charge on any atom is -0.395 e. The van der Waals surface area contributed by atoms with Crippen molar-refractivity contribution in [1.29, 1.82) is 0 Å². The lowest BCUT2D eigenvalue weighted by atomic mass is 10.1. The van der Waals surface area contributed by atoms with E-state index in [1.807, 2.05) is 36.5 Å². The summed E-state index contributed by atoms with van der Waals surface area (Å²) in [5.41, 5.74) is 2.69. The molecular formula is C18H20N2O3S. The summed E-state index contributed by atoms with van der Waals surface area (Å²) in [7, 11) is -3.52. The zero-order valence-corrected chi connectivity index (χ0v) is 14.0. The third kappa shape index (κ3) is 4.03. The first-order valence-corrected chi connectivity index (χ1v) is 9.42. The number of para-hydroxylation sites is 1. The largest absolute Gasteiger partial charge is 0.395 e. The van der Waals surface area contributed by atoms with E-state index >= 15 is 0 Å². The number of aliphatic hydroxyl groups is 1. The van der Waals surface area contributed by atoms with Gasteiger partial charge in [-0.1, -0.05) is 48.5 Å². The van der Waals surface area contributed by atoms with Gasteiger partial charge in [-0.05, 0) is 23.6 Å². The Morgan fingerprint density at radius 3 is 2.50 bits per heavy atom. The summed E-state index contributed by atoms with van der Waals surface area (Å²) in [6.45, 7) is -0.256. The molecule has 2 aromatic carbocycles. The van der Waals surface area contributed by atoms with E-state index in [1.54, 1.807) is 24.3 Å². The lowest BCUT2D eigenvalue weighted by molar-refractivity contribution is 0.256. The molecule has 0 aliphatic rings. The normalized spacial score (nSPS) is 13.2. The second kappa shape index (κ2) is 7.17. The van der Waals surface area contributed by atoms with Crippen LogP contribution in [0.2, 0.25) is 0 Å². The van der Waals surface area contributed by atoms with Crippen LogP contribution >= 0.6 is 0 Å². The van der Waals surface area contributed by atoms with E-state index < -0.39 is 16.1 Å². The first-order chi connectivity index (χ1) is 11.6. The predicted molar refractivity (Wildman–Crippen MR) is 95.1 cm³/mol. The average Bonchev–Trinajstić information content (AvgIpc) is 2.97. The Morgan fingerprint density at radius 2 is 1.75 bits per heavy atom. The molecule has 1 heterocycles. The fourth-order valence-electron chi connectivity index (χ4n) is 2.80. The number of hydrogen-bond acceptors (Lipinski definition) is 3. The van der Waals surface area contributed by atoms with Gasteiger partial charge in [0.15, 0.2) is 0 Å². The number of nitrogens with one attached hydrogen (secondary N) is 2. The second-order valence-electron chi connectivity index (χ2n) is 5.81. The number of hydrogen-bond donors (Lipinski definition) is 3. The van der Waals surface area contributed by atoms with Crippen molar-refractivity contribution in [3.8, 4) is 0 Å². The van der Waals surface area contributed by atoms with Crippen molar-refractivity contribution in [2.45, 2.75) is 18.2 Å². The average molecular weight is 344 g/mol. The zero-order valence-electron chi connectivity index (χ0n) is 13.1. The number of aliphatic hydroxyl groups excluding tert-OH is 1. The van der Waals surface area contributed by atoms with E-state index in [4.69, 9.17) is 0 Å². The Labute approximate surface area is 141 Å². The van der Waals surface area contributed by atoms with Gasteiger partial charge in [0.25, 0.3) is 0 Å². The van der Waals surface area contributed by atoms with Gasteiger partial charge in [0, 0.05) is 23.1 Å². The molecule has 5 nitrogen and oxygen atoms in total. The van der Waals surface area contributed by atoms with Crippen molar-refractivity contribution in [3.05, 3.63) is 71.9 Å². The van der Waals surface area contributed by atoms with E-state index in [9.17, 15) is 13.5 Å². The van der Waals surface area contributed by atoms with E-state index in [0.29, 0.717) is 12.0 Å². The molecule has 6 heteroatoms. The summed E-state index contributed by atoms with van der Waals surface area (Å²) in [4.78, 5) is 3.16. The molecule has 0 radical (unpaired) electrons. The fourth-order valence-corrected chi connectivity index (χ4v) is 4.18. The van der Waals surface area contributed by atoms with Crippen molar-refractivity contribution in [3.63, 3.8) is 0 Å². The summed E-state index contributed by atoms with van der Waals surface area (Å²) in [6, 6.07) is 16.3. The van der Waals surface area contributed by atoms with Crippen LogP contribution < -0.4 is 4.72 Å². The lowest BCUT2D eigenvalue weighted by Gasteiger charge is -2.16. The van der Waals surface area contributed by atoms with Gasteiger partial charge in [-0.3, -0.25) is 0 Å². The number of rotatable bonds is 7. The van der Waals surface area contributed by atoms with E-state index in [-0.39, 0.29) is 12.4 Å². The maximum absolute atomic E-state index is 12.3. The van der Waals surface area contributed by atoms with Crippen LogP contribution in [0.15, 0.2) is 60.8 Å². The zero-order chi connectivity index (χ0) is 17.0. The Hall–Kier alpha value is -2.15. The molecule has 1 aromatic heterocycles. The highest BCUT2D eigenvalue weighted by molar-refractivity contribution is 7.88. The van der Waals surface area contributed by atoms with Crippen LogP contribution in [0.1, 0.15) is 11.1 Å². The Morgan fingerprint density at radius 1 is 1.04 bits per heavy atom. The molecule has 0 fully saturated rings. The Balaban J connectivity index is 1.72. The molecule has 0 unspecified atom stereocenters. The number of fused-ring (bicyclic) bond motifs is 1. The predicted octanol–water partition coefficient (Wildman–Crippen LogP) is 2.19. The van der Waals surface area contributed by atoms with Crippen LogP contribution in [0.3, 0.4) is 0 Å². The fraction of sp³-hybridized carbons (Fsp3) is 0.222. The highest BCUT2D eigenvalue weighted by Gasteiger charge is 2.19. The maximum Gasteiger partial charge on any atom is 0.216 e. The van der Waals surface area contributed by atoms with Gasteiger partial charge in [0.2, 0.25) is 10.0 Å². The number of H-pyrrole nitrogens is 1. The summed E-state index contributed by atoms with van der Waals surface area (Å²) in [5, 5.41) is 10.6. The number of aromatic nitrogens is 1. The third-order valence-corrected chi connectivity index (χ3v) is 5.31. The SMILES string of the molecule is O=S(=O)(Cc1ccccc1)N[C@H](CO)Cc1c[nH]c2ccccc12. The third-order valence-electron chi connectivity index (χ3n) is 3.91. The smallest absolute Gasteiger partial charge is 0.216 e. The molecule has 0 amide bonds. The van der Waals surface area contributed by atoms with Crippen molar-refractivity contribution < 1.29 is 13.5 Å². The number of aromatic amines is 1. The molecule has 0 spiro atoms. The molecule has 0 aliphatic heterocycles. The molecule has 126 valence electrons. The highest BCUT2D eigenvalue weighted by atomic mass is 32.2. The molecule has 3 aromatic rings. The number of sulfonamides is 1. The molecule has 1 atom stereocenters. The van der Waals surface area contributed by atoms with Gasteiger partial charge in [-0.25, -0.2) is 13.1 Å². The molecular weight excluding hydrogens is 324 g/mol. The van der Waals surface area contributed by atoms with E-state index in [1.165, 1.54) is 0 Å².